The summed E-state index contributed by atoms with van der Waals surface area (Å²) in [5.74, 6) is 0. The maximum Gasteiger partial charge on any atom is 0.269 e. The van der Waals surface area contributed by atoms with E-state index < -0.39 is 0 Å². The van der Waals surface area contributed by atoms with E-state index in [0.717, 1.165) is 19.4 Å². The van der Waals surface area contributed by atoms with Crippen LogP contribution in [0.15, 0.2) is 21.7 Å². The molecule has 0 saturated carbocycles. The highest BCUT2D eigenvalue weighted by Gasteiger charge is 2.03. The third-order valence-corrected chi connectivity index (χ3v) is 2.27. The fraction of sp³-hybridized carbons (Fsp3) is 0.600. The summed E-state index contributed by atoms with van der Waals surface area (Å²) >= 11 is 0. The van der Waals surface area contributed by atoms with E-state index in [0.29, 0.717) is 6.67 Å². The Bertz CT molecular complexity index is 408. The van der Waals surface area contributed by atoms with E-state index in [2.05, 4.69) is 12.0 Å². The summed E-state index contributed by atoms with van der Waals surface area (Å²) in [6, 6.07) is 2.55. The zero-order valence-electron chi connectivity index (χ0n) is 9.25. The number of quaternary nitrogens is 1. The van der Waals surface area contributed by atoms with Crippen LogP contribution in [-0.4, -0.2) is 23.4 Å². The lowest BCUT2D eigenvalue weighted by Crippen LogP contribution is -3.08. The molecule has 0 amide bonds. The Balaban J connectivity index is 2.67. The summed E-state index contributed by atoms with van der Waals surface area (Å²) in [5.41, 5.74) is -0.400. The Morgan fingerprint density at radius 1 is 1.40 bits per heavy atom. The minimum atomic E-state index is -0.238. The molecule has 0 fully saturated rings. The lowest BCUT2D eigenvalue weighted by molar-refractivity contribution is -0.904. The fourth-order valence-corrected chi connectivity index (χ4v) is 1.41. The summed E-state index contributed by atoms with van der Waals surface area (Å²) in [7, 11) is 2.01. The molecule has 1 heterocycles. The highest BCUT2D eigenvalue weighted by atomic mass is 16.1. The number of nitrogens with zero attached hydrogens (tertiary/aromatic N) is 1. The first kappa shape index (κ1) is 11.7. The van der Waals surface area contributed by atoms with Crippen LogP contribution in [0.3, 0.4) is 0 Å². The first-order chi connectivity index (χ1) is 7.13. The number of hydrogen-bond donors (Lipinski definition) is 2. The van der Waals surface area contributed by atoms with Gasteiger partial charge in [-0.25, -0.2) is 0 Å². The van der Waals surface area contributed by atoms with E-state index in [1.54, 1.807) is 0 Å². The molecule has 84 valence electrons. The minimum absolute atomic E-state index is 0.162. The molecule has 1 unspecified atom stereocenters. The van der Waals surface area contributed by atoms with Crippen molar-refractivity contribution in [2.24, 2.45) is 0 Å². The fourth-order valence-electron chi connectivity index (χ4n) is 1.41. The molecular weight excluding hydrogens is 194 g/mol. The number of H-pyrrole nitrogens is 1. The number of aromatic amines is 1. The predicted molar refractivity (Wildman–Crippen MR) is 58.0 cm³/mol. The Morgan fingerprint density at radius 2 is 2.13 bits per heavy atom. The molecule has 0 aliphatic heterocycles. The van der Waals surface area contributed by atoms with Gasteiger partial charge in [0.25, 0.3) is 11.1 Å². The second-order valence-electron chi connectivity index (χ2n) is 3.79. The van der Waals surface area contributed by atoms with E-state index >= 15 is 0 Å². The molecule has 0 spiro atoms. The number of unbranched alkanes of at least 4 members (excludes halogenated alkanes) is 1. The van der Waals surface area contributed by atoms with Gasteiger partial charge in [0.1, 0.15) is 0 Å². The van der Waals surface area contributed by atoms with Crippen LogP contribution in [0.5, 0.6) is 0 Å². The monoisotopic (exact) mass is 212 g/mol. The molecule has 0 saturated heterocycles. The second kappa shape index (κ2) is 5.50. The van der Waals surface area contributed by atoms with Crippen LogP contribution in [0.25, 0.3) is 0 Å². The van der Waals surface area contributed by atoms with Gasteiger partial charge in [0.05, 0.1) is 13.6 Å². The second-order valence-corrected chi connectivity index (χ2v) is 3.79. The van der Waals surface area contributed by atoms with Gasteiger partial charge >= 0.3 is 0 Å². The Kier molecular flexibility index (Phi) is 4.30. The minimum Gasteiger partial charge on any atom is -0.319 e. The van der Waals surface area contributed by atoms with Gasteiger partial charge in [0.15, 0.2) is 6.67 Å². The highest BCUT2D eigenvalue weighted by molar-refractivity contribution is 4.85. The maximum atomic E-state index is 11.4. The molecule has 0 aliphatic carbocycles. The zero-order valence-corrected chi connectivity index (χ0v) is 9.25. The molecule has 5 nitrogen and oxygen atoms in total. The van der Waals surface area contributed by atoms with Crippen LogP contribution in [-0.2, 0) is 6.67 Å². The Labute approximate surface area is 88.3 Å². The predicted octanol–water partition coefficient (Wildman–Crippen LogP) is -1.19. The molecule has 1 aromatic heterocycles. The standard InChI is InChI=1S/C10H17N3O2/c1-3-4-7-12(2)8-13-10(15)6-5-9(14)11-13/h5-6H,3-4,7-8H2,1-2H3,(H,11,14)/p+1. The van der Waals surface area contributed by atoms with Crippen molar-refractivity contribution in [2.45, 2.75) is 26.4 Å². The maximum absolute atomic E-state index is 11.4. The topological polar surface area (TPSA) is 59.3 Å². The van der Waals surface area contributed by atoms with Crippen molar-refractivity contribution in [1.82, 2.24) is 9.78 Å². The lowest BCUT2D eigenvalue weighted by Gasteiger charge is -2.14. The van der Waals surface area contributed by atoms with Crippen molar-refractivity contribution in [2.75, 3.05) is 13.6 Å². The summed E-state index contributed by atoms with van der Waals surface area (Å²) in [4.78, 5) is 23.6. The Hall–Kier alpha value is -1.36. The first-order valence-electron chi connectivity index (χ1n) is 5.25. The first-order valence-corrected chi connectivity index (χ1v) is 5.25. The van der Waals surface area contributed by atoms with E-state index in [4.69, 9.17) is 0 Å². The molecule has 0 aliphatic rings. The van der Waals surface area contributed by atoms with Crippen molar-refractivity contribution < 1.29 is 4.90 Å². The van der Waals surface area contributed by atoms with Gasteiger partial charge in [-0.15, -0.1) is 0 Å². The van der Waals surface area contributed by atoms with Crippen molar-refractivity contribution >= 4 is 0 Å². The molecule has 1 rings (SSSR count). The molecule has 1 aromatic rings. The van der Waals surface area contributed by atoms with Gasteiger partial charge in [-0.3, -0.25) is 14.7 Å². The van der Waals surface area contributed by atoms with Crippen LogP contribution in [0.1, 0.15) is 19.8 Å². The van der Waals surface area contributed by atoms with Crippen LogP contribution in [0, 0.1) is 0 Å². The van der Waals surface area contributed by atoms with Gasteiger partial charge in [-0.1, -0.05) is 13.3 Å². The largest absolute Gasteiger partial charge is 0.319 e. The third-order valence-electron chi connectivity index (χ3n) is 2.27. The quantitative estimate of drug-likeness (QED) is 0.644. The van der Waals surface area contributed by atoms with Gasteiger partial charge < -0.3 is 4.90 Å². The third kappa shape index (κ3) is 3.71. The molecule has 5 heteroatoms. The van der Waals surface area contributed by atoms with Gasteiger partial charge in [0.2, 0.25) is 0 Å². The van der Waals surface area contributed by atoms with E-state index in [1.807, 2.05) is 7.05 Å². The van der Waals surface area contributed by atoms with E-state index in [1.165, 1.54) is 21.7 Å². The molecule has 2 N–H and O–H groups in total. The van der Waals surface area contributed by atoms with Crippen LogP contribution in [0.4, 0.5) is 0 Å². The highest BCUT2D eigenvalue weighted by Crippen LogP contribution is 1.78. The van der Waals surface area contributed by atoms with Gasteiger partial charge in [0, 0.05) is 12.1 Å². The van der Waals surface area contributed by atoms with Gasteiger partial charge in [-0.2, -0.15) is 4.68 Å². The summed E-state index contributed by atoms with van der Waals surface area (Å²) in [6.45, 7) is 3.64. The molecular formula is C10H18N3O2+. The average molecular weight is 212 g/mol. The van der Waals surface area contributed by atoms with E-state index in [9.17, 15) is 9.59 Å². The van der Waals surface area contributed by atoms with Crippen molar-refractivity contribution in [1.29, 1.82) is 0 Å². The Morgan fingerprint density at radius 3 is 2.80 bits per heavy atom. The van der Waals surface area contributed by atoms with E-state index in [-0.39, 0.29) is 11.1 Å². The number of hydrogen-bond acceptors (Lipinski definition) is 2. The van der Waals surface area contributed by atoms with Crippen molar-refractivity contribution in [3.8, 4) is 0 Å². The summed E-state index contributed by atoms with van der Waals surface area (Å²) in [6.07, 6.45) is 2.26. The smallest absolute Gasteiger partial charge is 0.269 e. The molecule has 1 atom stereocenters. The van der Waals surface area contributed by atoms with Crippen LogP contribution >= 0.6 is 0 Å². The molecule has 0 radical (unpaired) electrons. The molecule has 0 aromatic carbocycles. The number of aromatic nitrogens is 2. The summed E-state index contributed by atoms with van der Waals surface area (Å²) < 4.78 is 1.35. The number of rotatable bonds is 5. The van der Waals surface area contributed by atoms with Crippen LogP contribution in [0.2, 0.25) is 0 Å². The molecule has 0 bridgehead atoms. The normalized spacial score (nSPS) is 12.7. The van der Waals surface area contributed by atoms with Crippen LogP contribution < -0.4 is 16.0 Å². The number of nitrogens with one attached hydrogen (secondary N) is 2. The summed E-state index contributed by atoms with van der Waals surface area (Å²) in [5, 5.41) is 2.51. The molecule has 15 heavy (non-hydrogen) atoms. The zero-order chi connectivity index (χ0) is 11.3. The van der Waals surface area contributed by atoms with Crippen molar-refractivity contribution in [3.63, 3.8) is 0 Å². The SMILES string of the molecule is CCCC[NH+](C)Cn1[nH]c(=O)ccc1=O. The van der Waals surface area contributed by atoms with Crippen molar-refractivity contribution in [3.05, 3.63) is 32.8 Å². The average Bonchev–Trinajstić information content (AvgIpc) is 2.20. The van der Waals surface area contributed by atoms with Gasteiger partial charge in [-0.05, 0) is 6.42 Å². The lowest BCUT2D eigenvalue weighted by atomic mass is 10.3.